The molecule has 2 heterocycles. The molecule has 0 amide bonds. The first-order valence-corrected chi connectivity index (χ1v) is 5.70. The van der Waals surface area contributed by atoms with Crippen LogP contribution in [0.5, 0.6) is 5.88 Å². The van der Waals surface area contributed by atoms with Gasteiger partial charge in [0, 0.05) is 24.9 Å². The normalized spacial score (nSPS) is 20.0. The summed E-state index contributed by atoms with van der Waals surface area (Å²) < 4.78 is 11.2. The summed E-state index contributed by atoms with van der Waals surface area (Å²) in [5.74, 6) is 0.651. The predicted octanol–water partition coefficient (Wildman–Crippen LogP) is 1.41. The molecular formula is C12H18N2O2. The first-order valence-electron chi connectivity index (χ1n) is 5.70. The second-order valence-corrected chi connectivity index (χ2v) is 4.06. The zero-order valence-corrected chi connectivity index (χ0v) is 9.61. The van der Waals surface area contributed by atoms with Crippen molar-refractivity contribution in [2.45, 2.75) is 32.4 Å². The van der Waals surface area contributed by atoms with Crippen LogP contribution in [-0.2, 0) is 11.3 Å². The average molecular weight is 222 g/mol. The summed E-state index contributed by atoms with van der Waals surface area (Å²) in [6.07, 6.45) is 4.16. The lowest BCUT2D eigenvalue weighted by Gasteiger charge is -2.14. The lowest BCUT2D eigenvalue weighted by atomic mass is 10.1. The Kier molecular flexibility index (Phi) is 3.74. The van der Waals surface area contributed by atoms with Crippen LogP contribution in [0.2, 0.25) is 0 Å². The Morgan fingerprint density at radius 3 is 3.19 bits per heavy atom. The van der Waals surface area contributed by atoms with Gasteiger partial charge in [0.05, 0.1) is 6.10 Å². The zero-order valence-electron chi connectivity index (χ0n) is 9.61. The number of aryl methyl sites for hydroxylation is 1. The maximum atomic E-state index is 5.68. The molecule has 1 aliphatic rings. The molecule has 0 spiro atoms. The summed E-state index contributed by atoms with van der Waals surface area (Å²) in [7, 11) is 0. The van der Waals surface area contributed by atoms with Crippen LogP contribution in [-0.4, -0.2) is 24.3 Å². The number of hydrogen-bond donors (Lipinski definition) is 1. The van der Waals surface area contributed by atoms with E-state index in [9.17, 15) is 0 Å². The molecule has 2 rings (SSSR count). The largest absolute Gasteiger partial charge is 0.475 e. The van der Waals surface area contributed by atoms with Crippen molar-refractivity contribution >= 4 is 0 Å². The number of nitrogens with two attached hydrogens (primary N) is 1. The van der Waals surface area contributed by atoms with E-state index in [4.69, 9.17) is 15.2 Å². The summed E-state index contributed by atoms with van der Waals surface area (Å²) in [4.78, 5) is 4.21. The van der Waals surface area contributed by atoms with Gasteiger partial charge in [-0.3, -0.25) is 0 Å². The molecule has 16 heavy (non-hydrogen) atoms. The molecule has 2 N–H and O–H groups in total. The van der Waals surface area contributed by atoms with Gasteiger partial charge in [-0.1, -0.05) is 0 Å². The lowest BCUT2D eigenvalue weighted by Crippen LogP contribution is -2.18. The molecule has 1 unspecified atom stereocenters. The minimum Gasteiger partial charge on any atom is -0.475 e. The maximum absolute atomic E-state index is 5.68. The highest BCUT2D eigenvalue weighted by Crippen LogP contribution is 2.20. The van der Waals surface area contributed by atoms with Crippen LogP contribution in [0.3, 0.4) is 0 Å². The molecule has 4 heteroatoms. The quantitative estimate of drug-likeness (QED) is 0.836. The van der Waals surface area contributed by atoms with E-state index >= 15 is 0 Å². The summed E-state index contributed by atoms with van der Waals surface area (Å²) in [6.45, 7) is 3.89. The van der Waals surface area contributed by atoms with E-state index in [2.05, 4.69) is 4.98 Å². The third kappa shape index (κ3) is 2.51. The molecule has 0 aliphatic carbocycles. The number of aromatic nitrogens is 1. The molecule has 88 valence electrons. The first-order chi connectivity index (χ1) is 7.81. The van der Waals surface area contributed by atoms with Crippen molar-refractivity contribution in [1.82, 2.24) is 4.98 Å². The van der Waals surface area contributed by atoms with Gasteiger partial charge < -0.3 is 15.2 Å². The van der Waals surface area contributed by atoms with Crippen LogP contribution < -0.4 is 10.5 Å². The van der Waals surface area contributed by atoms with E-state index in [0.29, 0.717) is 19.0 Å². The van der Waals surface area contributed by atoms with E-state index in [1.165, 1.54) is 0 Å². The van der Waals surface area contributed by atoms with Crippen molar-refractivity contribution in [2.75, 3.05) is 13.2 Å². The molecule has 1 aromatic rings. The number of nitrogens with zero attached hydrogens (tertiary/aromatic N) is 1. The Morgan fingerprint density at radius 2 is 2.50 bits per heavy atom. The van der Waals surface area contributed by atoms with Gasteiger partial charge in [-0.05, 0) is 31.4 Å². The van der Waals surface area contributed by atoms with Gasteiger partial charge in [0.2, 0.25) is 5.88 Å². The molecule has 1 atom stereocenters. The third-order valence-electron chi connectivity index (χ3n) is 2.88. The van der Waals surface area contributed by atoms with E-state index in [-0.39, 0.29) is 6.10 Å². The van der Waals surface area contributed by atoms with Gasteiger partial charge in [0.15, 0.2) is 0 Å². The van der Waals surface area contributed by atoms with Crippen LogP contribution in [0.15, 0.2) is 12.3 Å². The second-order valence-electron chi connectivity index (χ2n) is 4.06. The monoisotopic (exact) mass is 222 g/mol. The van der Waals surface area contributed by atoms with Crippen molar-refractivity contribution in [3.63, 3.8) is 0 Å². The third-order valence-corrected chi connectivity index (χ3v) is 2.88. The molecule has 0 aromatic carbocycles. The summed E-state index contributed by atoms with van der Waals surface area (Å²) in [6, 6.07) is 1.95. The number of hydrogen-bond acceptors (Lipinski definition) is 4. The second kappa shape index (κ2) is 5.27. The number of rotatable bonds is 4. The van der Waals surface area contributed by atoms with Crippen LogP contribution in [0.4, 0.5) is 0 Å². The number of ether oxygens (including phenoxy) is 2. The van der Waals surface area contributed by atoms with Gasteiger partial charge in [0.1, 0.15) is 6.61 Å². The summed E-state index contributed by atoms with van der Waals surface area (Å²) in [5.41, 5.74) is 7.80. The lowest BCUT2D eigenvalue weighted by molar-refractivity contribution is 0.0659. The summed E-state index contributed by atoms with van der Waals surface area (Å²) >= 11 is 0. The van der Waals surface area contributed by atoms with Crippen LogP contribution in [0, 0.1) is 6.92 Å². The van der Waals surface area contributed by atoms with E-state index in [1.54, 1.807) is 6.20 Å². The standard InChI is InChI=1S/C12H18N2O2/c1-9-4-5-14-12(11(9)7-13)16-8-10-3-2-6-15-10/h4-5,10H,2-3,6-8,13H2,1H3. The zero-order chi connectivity index (χ0) is 11.4. The molecule has 0 saturated carbocycles. The fraction of sp³-hybridized carbons (Fsp3) is 0.583. The minimum absolute atomic E-state index is 0.216. The predicted molar refractivity (Wildman–Crippen MR) is 61.3 cm³/mol. The highest BCUT2D eigenvalue weighted by atomic mass is 16.5. The van der Waals surface area contributed by atoms with Crippen molar-refractivity contribution in [3.05, 3.63) is 23.4 Å². The van der Waals surface area contributed by atoms with Crippen LogP contribution in [0.1, 0.15) is 24.0 Å². The van der Waals surface area contributed by atoms with Crippen molar-refractivity contribution < 1.29 is 9.47 Å². The molecular weight excluding hydrogens is 204 g/mol. The molecule has 0 radical (unpaired) electrons. The van der Waals surface area contributed by atoms with Crippen molar-refractivity contribution in [3.8, 4) is 5.88 Å². The molecule has 1 saturated heterocycles. The molecule has 0 bridgehead atoms. The van der Waals surface area contributed by atoms with Crippen LogP contribution in [0.25, 0.3) is 0 Å². The Bertz CT molecular complexity index is 349. The molecule has 1 aliphatic heterocycles. The Balaban J connectivity index is 2.00. The molecule has 1 aromatic heterocycles. The molecule has 1 fully saturated rings. The fourth-order valence-corrected chi connectivity index (χ4v) is 1.88. The minimum atomic E-state index is 0.216. The smallest absolute Gasteiger partial charge is 0.218 e. The van der Waals surface area contributed by atoms with E-state index in [1.807, 2.05) is 13.0 Å². The Labute approximate surface area is 95.8 Å². The summed E-state index contributed by atoms with van der Waals surface area (Å²) in [5, 5.41) is 0. The number of pyridine rings is 1. The Morgan fingerprint density at radius 1 is 1.62 bits per heavy atom. The van der Waals surface area contributed by atoms with Gasteiger partial charge >= 0.3 is 0 Å². The van der Waals surface area contributed by atoms with E-state index < -0.39 is 0 Å². The maximum Gasteiger partial charge on any atom is 0.218 e. The average Bonchev–Trinajstić information content (AvgIpc) is 2.79. The van der Waals surface area contributed by atoms with E-state index in [0.717, 1.165) is 30.6 Å². The van der Waals surface area contributed by atoms with Crippen molar-refractivity contribution in [2.24, 2.45) is 5.73 Å². The van der Waals surface area contributed by atoms with Gasteiger partial charge in [0.25, 0.3) is 0 Å². The van der Waals surface area contributed by atoms with Gasteiger partial charge in [-0.25, -0.2) is 4.98 Å². The van der Waals surface area contributed by atoms with Gasteiger partial charge in [-0.15, -0.1) is 0 Å². The highest BCUT2D eigenvalue weighted by Gasteiger charge is 2.17. The Hall–Kier alpha value is -1.13. The SMILES string of the molecule is Cc1ccnc(OCC2CCCO2)c1CN. The molecule has 4 nitrogen and oxygen atoms in total. The fourth-order valence-electron chi connectivity index (χ4n) is 1.88. The highest BCUT2D eigenvalue weighted by molar-refractivity contribution is 5.33. The van der Waals surface area contributed by atoms with Crippen molar-refractivity contribution in [1.29, 1.82) is 0 Å². The topological polar surface area (TPSA) is 57.4 Å². The first kappa shape index (κ1) is 11.4. The van der Waals surface area contributed by atoms with Crippen LogP contribution >= 0.6 is 0 Å². The van der Waals surface area contributed by atoms with Gasteiger partial charge in [-0.2, -0.15) is 0 Å².